The average Bonchev–Trinajstić information content (AvgIpc) is 3.40. The normalized spacial score (nSPS) is 28.2. The van der Waals surface area contributed by atoms with E-state index >= 15 is 0 Å². The zero-order valence-corrected chi connectivity index (χ0v) is 23.5. The highest BCUT2D eigenvalue weighted by atomic mass is 16.5. The van der Waals surface area contributed by atoms with Gasteiger partial charge in [-0.15, -0.1) is 0 Å². The Morgan fingerprint density at radius 2 is 1.98 bits per heavy atom. The maximum Gasteiger partial charge on any atom is 0.270 e. The summed E-state index contributed by atoms with van der Waals surface area (Å²) in [6.45, 7) is 6.13. The van der Waals surface area contributed by atoms with Gasteiger partial charge in [-0.2, -0.15) is 0 Å². The molecule has 2 aromatic rings. The minimum Gasteiger partial charge on any atom is -0.492 e. The predicted octanol–water partition coefficient (Wildman–Crippen LogP) is -1.95. The number of nitrogens with one attached hydrogen (secondary N) is 3. The summed E-state index contributed by atoms with van der Waals surface area (Å²) in [5, 5.41) is 31.9. The molecule has 0 radical (unpaired) electrons. The Morgan fingerprint density at radius 3 is 2.74 bits per heavy atom. The van der Waals surface area contributed by atoms with E-state index in [1.807, 2.05) is 6.07 Å². The number of benzene rings is 1. The second-order valence-electron chi connectivity index (χ2n) is 11.6. The fraction of sp³-hybridized carbons (Fsp3) is 0.481. The van der Waals surface area contributed by atoms with Gasteiger partial charge in [0.05, 0.1) is 18.2 Å². The van der Waals surface area contributed by atoms with Crippen molar-refractivity contribution in [2.24, 2.45) is 21.5 Å². The van der Waals surface area contributed by atoms with Gasteiger partial charge in [0.1, 0.15) is 29.4 Å². The smallest absolute Gasteiger partial charge is 0.270 e. The summed E-state index contributed by atoms with van der Waals surface area (Å²) in [4.78, 5) is 44.8. The van der Waals surface area contributed by atoms with Gasteiger partial charge >= 0.3 is 0 Å². The zero-order chi connectivity index (χ0) is 30.0. The molecule has 1 aromatic heterocycles. The number of aryl methyl sites for hydroxylation is 1. The number of nitrogens with zero attached hydrogens (tertiary/aromatic N) is 5. The summed E-state index contributed by atoms with van der Waals surface area (Å²) in [7, 11) is 0. The van der Waals surface area contributed by atoms with Crippen LogP contribution in [-0.2, 0) is 5.41 Å². The van der Waals surface area contributed by atoms with E-state index in [0.717, 1.165) is 12.0 Å². The van der Waals surface area contributed by atoms with Crippen molar-refractivity contribution in [3.63, 3.8) is 0 Å². The topological polar surface area (TPSA) is 226 Å². The van der Waals surface area contributed by atoms with Crippen LogP contribution in [0.2, 0.25) is 0 Å². The molecule has 2 amide bonds. The molecule has 222 valence electrons. The number of guanidine groups is 2. The summed E-state index contributed by atoms with van der Waals surface area (Å²) in [6.07, 6.45) is 2.28. The number of carbonyl (C=O) groups excluding carboxylic acids is 2. The van der Waals surface area contributed by atoms with Gasteiger partial charge in [0.25, 0.3) is 11.8 Å². The van der Waals surface area contributed by atoms with E-state index < -0.39 is 41.4 Å². The van der Waals surface area contributed by atoms with Crippen LogP contribution in [0.3, 0.4) is 0 Å². The van der Waals surface area contributed by atoms with E-state index in [0.29, 0.717) is 18.2 Å². The Labute approximate surface area is 241 Å². The van der Waals surface area contributed by atoms with E-state index in [2.05, 4.69) is 49.8 Å². The number of aliphatic hydroxyl groups is 2. The van der Waals surface area contributed by atoms with Crippen LogP contribution in [0.5, 0.6) is 5.75 Å². The third-order valence-corrected chi connectivity index (χ3v) is 8.55. The lowest BCUT2D eigenvalue weighted by Gasteiger charge is -2.49. The highest BCUT2D eigenvalue weighted by Crippen LogP contribution is 2.45. The number of rotatable bonds is 5. The highest BCUT2D eigenvalue weighted by Gasteiger charge is 2.73. The summed E-state index contributed by atoms with van der Waals surface area (Å²) >= 11 is 0. The van der Waals surface area contributed by atoms with Crippen molar-refractivity contribution in [2.45, 2.75) is 62.2 Å². The molecule has 1 saturated heterocycles. The molecule has 0 aliphatic carbocycles. The van der Waals surface area contributed by atoms with Crippen molar-refractivity contribution >= 4 is 23.7 Å². The quantitative estimate of drug-likeness (QED) is 0.193. The van der Waals surface area contributed by atoms with E-state index in [1.165, 1.54) is 17.2 Å². The highest BCUT2D eigenvalue weighted by molar-refractivity contribution is 5.98. The lowest BCUT2D eigenvalue weighted by atomic mass is 9.79. The Kier molecular flexibility index (Phi) is 6.27. The maximum atomic E-state index is 13.6. The largest absolute Gasteiger partial charge is 0.492 e. The lowest BCUT2D eigenvalue weighted by molar-refractivity contribution is -0.230. The molecule has 0 bridgehead atoms. The molecular weight excluding hydrogens is 544 g/mol. The Balaban J connectivity index is 1.26. The Hall–Kier alpha value is -4.50. The molecular formula is C27H34N10O5. The van der Waals surface area contributed by atoms with E-state index in [4.69, 9.17) is 16.2 Å². The molecule has 6 rings (SSSR count). The molecule has 1 aromatic carbocycles. The SMILES string of the molecule is Cc1nccc(C(=O)NC[C@@H]2N=C(N)N3CC(NC(=O)c4cccc5c4OCCC5(C)C)C(O)(O)C34NC(N)=NC24)n1. The van der Waals surface area contributed by atoms with Gasteiger partial charge in [-0.3, -0.25) is 9.59 Å². The number of aliphatic imine (C=N–C) groups is 2. The standard InChI is InChI=1S/C27H34N10O5/c1-13-30-9-7-16(32-13)22(39)31-11-17-20-26(36-23(28)35-20)27(40,41)18(12-37(26)24(29)33-17)34-21(38)14-5-4-6-15-19(14)42-10-8-25(15,2)3/h4-7,9,17-18,20,40-41H,8,10-12H2,1-3H3,(H2,29,33)(H,31,39)(H,34,38)(H3,28,35,36)/t17-,18?,20?,26?/m0/s1. The first-order valence-electron chi connectivity index (χ1n) is 13.7. The van der Waals surface area contributed by atoms with Crippen LogP contribution in [-0.4, -0.2) is 98.1 Å². The fourth-order valence-electron chi connectivity index (χ4n) is 6.31. The van der Waals surface area contributed by atoms with Crippen molar-refractivity contribution in [3.8, 4) is 5.75 Å². The molecule has 1 fully saturated rings. The molecule has 4 aliphatic heterocycles. The van der Waals surface area contributed by atoms with E-state index in [-0.39, 0.29) is 41.7 Å². The van der Waals surface area contributed by atoms with E-state index in [1.54, 1.807) is 19.1 Å². The number of hydrogen-bond donors (Lipinski definition) is 7. The number of nitrogens with two attached hydrogens (primary N) is 2. The van der Waals surface area contributed by atoms with Gasteiger partial charge in [0, 0.05) is 24.8 Å². The first-order valence-corrected chi connectivity index (χ1v) is 13.7. The summed E-state index contributed by atoms with van der Waals surface area (Å²) < 4.78 is 5.90. The first kappa shape index (κ1) is 27.7. The molecule has 0 saturated carbocycles. The molecule has 4 atom stereocenters. The molecule has 1 spiro atoms. The molecule has 3 unspecified atom stereocenters. The van der Waals surface area contributed by atoms with Crippen molar-refractivity contribution in [1.82, 2.24) is 30.8 Å². The number of ether oxygens (including phenoxy) is 1. The Morgan fingerprint density at radius 1 is 1.19 bits per heavy atom. The number of para-hydroxylation sites is 1. The van der Waals surface area contributed by atoms with Crippen LogP contribution >= 0.6 is 0 Å². The molecule has 42 heavy (non-hydrogen) atoms. The van der Waals surface area contributed by atoms with Crippen LogP contribution in [0.15, 0.2) is 40.4 Å². The Bertz CT molecular complexity index is 1520. The van der Waals surface area contributed by atoms with Gasteiger partial charge in [-0.1, -0.05) is 26.0 Å². The molecule has 15 nitrogen and oxygen atoms in total. The van der Waals surface area contributed by atoms with Crippen LogP contribution in [0.4, 0.5) is 0 Å². The van der Waals surface area contributed by atoms with Gasteiger partial charge in [-0.05, 0) is 30.9 Å². The third kappa shape index (κ3) is 4.10. The molecule has 9 N–H and O–H groups in total. The van der Waals surface area contributed by atoms with Crippen LogP contribution in [0, 0.1) is 6.92 Å². The average molecular weight is 579 g/mol. The number of hydrogen-bond acceptors (Lipinski definition) is 13. The number of fused-ring (bicyclic) bond motifs is 1. The monoisotopic (exact) mass is 578 g/mol. The summed E-state index contributed by atoms with van der Waals surface area (Å²) in [5.74, 6) is -2.83. The van der Waals surface area contributed by atoms with Crippen molar-refractivity contribution in [2.75, 3.05) is 19.7 Å². The number of aromatic nitrogens is 2. The van der Waals surface area contributed by atoms with Crippen molar-refractivity contribution in [3.05, 3.63) is 53.1 Å². The number of carbonyl (C=O) groups is 2. The second kappa shape index (κ2) is 9.52. The molecule has 4 aliphatic rings. The summed E-state index contributed by atoms with van der Waals surface area (Å²) in [6, 6.07) is 3.77. The summed E-state index contributed by atoms with van der Waals surface area (Å²) in [5.41, 5.74) is 11.8. The lowest BCUT2D eigenvalue weighted by Crippen LogP contribution is -2.78. The molecule has 15 heteroatoms. The minimum absolute atomic E-state index is 0.0350. The van der Waals surface area contributed by atoms with Gasteiger partial charge < -0.3 is 47.3 Å². The minimum atomic E-state index is -2.63. The van der Waals surface area contributed by atoms with Crippen LogP contribution in [0.1, 0.15) is 52.5 Å². The van der Waals surface area contributed by atoms with Crippen molar-refractivity contribution in [1.29, 1.82) is 0 Å². The van der Waals surface area contributed by atoms with Crippen LogP contribution in [0.25, 0.3) is 0 Å². The predicted molar refractivity (Wildman–Crippen MR) is 150 cm³/mol. The number of amides is 2. The van der Waals surface area contributed by atoms with Crippen molar-refractivity contribution < 1.29 is 24.5 Å². The van der Waals surface area contributed by atoms with Crippen LogP contribution < -0.4 is 32.2 Å². The fourth-order valence-corrected chi connectivity index (χ4v) is 6.31. The van der Waals surface area contributed by atoms with Gasteiger partial charge in [0.2, 0.25) is 5.79 Å². The maximum absolute atomic E-state index is 13.6. The molecule has 5 heterocycles. The van der Waals surface area contributed by atoms with Gasteiger partial charge in [-0.25, -0.2) is 20.0 Å². The zero-order valence-electron chi connectivity index (χ0n) is 23.5. The van der Waals surface area contributed by atoms with E-state index in [9.17, 15) is 19.8 Å². The second-order valence-corrected chi connectivity index (χ2v) is 11.6. The third-order valence-electron chi connectivity index (χ3n) is 8.55. The first-order chi connectivity index (χ1) is 19.8. The van der Waals surface area contributed by atoms with Gasteiger partial charge in [0.15, 0.2) is 17.6 Å².